The molecule has 0 fully saturated rings. The number of likely N-dealkylation sites (N-methyl/N-ethyl adjacent to an activating group) is 1. The van der Waals surface area contributed by atoms with Gasteiger partial charge in [-0.05, 0) is 61.5 Å². The number of ether oxygens (including phenoxy) is 1. The fraction of sp³-hybridized carbons (Fsp3) is 0.258. The van der Waals surface area contributed by atoms with Crippen LogP contribution in [0.15, 0.2) is 64.2 Å². The topological polar surface area (TPSA) is 133 Å². The summed E-state index contributed by atoms with van der Waals surface area (Å²) in [6.45, 7) is 2.46. The van der Waals surface area contributed by atoms with Crippen LogP contribution in [0.4, 0.5) is 19.3 Å². The molecule has 15 heteroatoms. The number of nitrogens with one attached hydrogen (secondary N) is 2. The van der Waals surface area contributed by atoms with E-state index in [0.717, 1.165) is 28.0 Å². The van der Waals surface area contributed by atoms with Crippen molar-refractivity contribution in [1.82, 2.24) is 29.7 Å². The molecule has 3 aromatic heterocycles. The van der Waals surface area contributed by atoms with E-state index in [1.165, 1.54) is 23.8 Å². The Balaban J connectivity index is 1.79. The Morgan fingerprint density at radius 3 is 2.35 bits per heavy atom. The SMILES string of the molecule is COCCN(C)Cc1c(-c2ccc(NC(=O)NOC)cc2)sc2c1c(=O)n(-c1ccc(C)nn1)c(=O)n2Cc1c(F)cccc1F. The molecule has 0 bridgehead atoms. The standard InChI is InChI=1S/C31H31F2N7O5S/c1-18-8-13-25(36-35-18)40-28(41)26-22(16-38(2)14-15-44-3)27(19-9-11-20(12-10-19)34-30(42)37-45-4)46-29(26)39(31(40)43)17-21-23(32)6-5-7-24(21)33/h5-13H,14-17H2,1-4H3,(H2,34,37,42). The van der Waals surface area contributed by atoms with Gasteiger partial charge in [-0.15, -0.1) is 16.4 Å². The lowest BCUT2D eigenvalue weighted by Crippen LogP contribution is -2.40. The van der Waals surface area contributed by atoms with Gasteiger partial charge in [-0.3, -0.25) is 19.1 Å². The maximum atomic E-state index is 14.9. The van der Waals surface area contributed by atoms with Crippen molar-refractivity contribution in [3.63, 3.8) is 0 Å². The van der Waals surface area contributed by atoms with Crippen LogP contribution in [0, 0.1) is 18.6 Å². The maximum absolute atomic E-state index is 14.9. The fourth-order valence-corrected chi connectivity index (χ4v) is 6.20. The maximum Gasteiger partial charge on any atom is 0.343 e. The third kappa shape index (κ3) is 6.72. The summed E-state index contributed by atoms with van der Waals surface area (Å²) < 4.78 is 37.2. The van der Waals surface area contributed by atoms with Crippen LogP contribution < -0.4 is 22.0 Å². The molecule has 0 atom stereocenters. The number of amides is 2. The molecule has 2 aromatic carbocycles. The van der Waals surface area contributed by atoms with Gasteiger partial charge in [-0.2, -0.15) is 5.10 Å². The molecule has 0 aliphatic rings. The zero-order valence-corrected chi connectivity index (χ0v) is 26.3. The number of thiophene rings is 1. The summed E-state index contributed by atoms with van der Waals surface area (Å²) in [6, 6.07) is 12.9. The largest absolute Gasteiger partial charge is 0.383 e. The molecule has 3 heterocycles. The molecule has 12 nitrogen and oxygen atoms in total. The van der Waals surface area contributed by atoms with Crippen LogP contribution in [0.3, 0.4) is 0 Å². The first-order chi connectivity index (χ1) is 22.1. The number of anilines is 1. The van der Waals surface area contributed by atoms with Crippen molar-refractivity contribution in [3.05, 3.63) is 104 Å². The van der Waals surface area contributed by atoms with Gasteiger partial charge in [0.15, 0.2) is 5.82 Å². The first kappa shape index (κ1) is 32.6. The van der Waals surface area contributed by atoms with Crippen molar-refractivity contribution in [2.75, 3.05) is 39.7 Å². The lowest BCUT2D eigenvalue weighted by Gasteiger charge is -2.17. The Bertz CT molecular complexity index is 1970. The number of hydroxylamine groups is 1. The van der Waals surface area contributed by atoms with Gasteiger partial charge in [0.1, 0.15) is 16.5 Å². The number of hydrogen-bond acceptors (Lipinski definition) is 9. The summed E-state index contributed by atoms with van der Waals surface area (Å²) in [5.41, 5.74) is 2.71. The van der Waals surface area contributed by atoms with E-state index >= 15 is 0 Å². The van der Waals surface area contributed by atoms with Crippen molar-refractivity contribution in [1.29, 1.82) is 0 Å². The molecule has 0 radical (unpaired) electrons. The Kier molecular flexibility index (Phi) is 9.96. The van der Waals surface area contributed by atoms with Crippen LogP contribution in [-0.4, -0.2) is 64.7 Å². The van der Waals surface area contributed by atoms with Crippen molar-refractivity contribution >= 4 is 33.3 Å². The number of carbonyl (C=O) groups excluding carboxylic acids is 1. The van der Waals surface area contributed by atoms with E-state index in [1.807, 2.05) is 11.9 Å². The Labute approximate surface area is 265 Å². The highest BCUT2D eigenvalue weighted by atomic mass is 32.1. The molecule has 0 saturated carbocycles. The number of aryl methyl sites for hydroxylation is 1. The van der Waals surface area contributed by atoms with Crippen molar-refractivity contribution in [2.45, 2.75) is 20.0 Å². The lowest BCUT2D eigenvalue weighted by atomic mass is 10.1. The van der Waals surface area contributed by atoms with Gasteiger partial charge in [-0.25, -0.2) is 28.4 Å². The Morgan fingerprint density at radius 2 is 1.72 bits per heavy atom. The molecular weight excluding hydrogens is 620 g/mol. The number of rotatable bonds is 11. The van der Waals surface area contributed by atoms with Crippen molar-refractivity contribution < 1.29 is 23.1 Å². The number of carbonyl (C=O) groups is 1. The average Bonchev–Trinajstić information content (AvgIpc) is 3.39. The molecule has 0 aliphatic carbocycles. The predicted octanol–water partition coefficient (Wildman–Crippen LogP) is 4.07. The lowest BCUT2D eigenvalue weighted by molar-refractivity contribution is 0.114. The van der Waals surface area contributed by atoms with Crippen LogP contribution in [0.5, 0.6) is 0 Å². The second kappa shape index (κ2) is 14.1. The van der Waals surface area contributed by atoms with Crippen LogP contribution in [0.25, 0.3) is 26.5 Å². The zero-order valence-electron chi connectivity index (χ0n) is 25.5. The summed E-state index contributed by atoms with van der Waals surface area (Å²) in [5, 5.41) is 10.9. The van der Waals surface area contributed by atoms with Gasteiger partial charge in [0.05, 0.1) is 31.3 Å². The highest BCUT2D eigenvalue weighted by Gasteiger charge is 2.26. The molecular formula is C31H31F2N7O5S. The number of urea groups is 1. The van der Waals surface area contributed by atoms with Gasteiger partial charge in [0.2, 0.25) is 0 Å². The average molecular weight is 652 g/mol. The Hall–Kier alpha value is -4.83. The van der Waals surface area contributed by atoms with Crippen LogP contribution in [-0.2, 0) is 22.7 Å². The minimum absolute atomic E-state index is 0.0264. The summed E-state index contributed by atoms with van der Waals surface area (Å²) in [7, 11) is 4.76. The summed E-state index contributed by atoms with van der Waals surface area (Å²) in [5.74, 6) is -1.68. The van der Waals surface area contributed by atoms with E-state index in [9.17, 15) is 23.2 Å². The fourth-order valence-electron chi connectivity index (χ4n) is 4.90. The van der Waals surface area contributed by atoms with Gasteiger partial charge in [0.25, 0.3) is 5.56 Å². The number of hydrogen-bond donors (Lipinski definition) is 2. The molecule has 0 saturated heterocycles. The third-order valence-corrected chi connectivity index (χ3v) is 8.47. The van der Waals surface area contributed by atoms with Gasteiger partial charge in [0, 0.05) is 36.3 Å². The molecule has 0 aliphatic heterocycles. The molecule has 240 valence electrons. The normalized spacial score (nSPS) is 11.4. The number of nitrogens with zero attached hydrogens (tertiary/aromatic N) is 5. The minimum Gasteiger partial charge on any atom is -0.383 e. The van der Waals surface area contributed by atoms with E-state index in [1.54, 1.807) is 44.4 Å². The van der Waals surface area contributed by atoms with Crippen molar-refractivity contribution in [3.8, 4) is 16.3 Å². The monoisotopic (exact) mass is 651 g/mol. The van der Waals surface area contributed by atoms with Gasteiger partial charge >= 0.3 is 11.7 Å². The zero-order chi connectivity index (χ0) is 33.0. The quantitative estimate of drug-likeness (QED) is 0.205. The van der Waals surface area contributed by atoms with Crippen LogP contribution in [0.1, 0.15) is 16.8 Å². The summed E-state index contributed by atoms with van der Waals surface area (Å²) in [6.07, 6.45) is 0. The highest BCUT2D eigenvalue weighted by Crippen LogP contribution is 2.38. The van der Waals surface area contributed by atoms with Crippen LogP contribution >= 0.6 is 11.3 Å². The predicted molar refractivity (Wildman–Crippen MR) is 170 cm³/mol. The molecule has 2 amide bonds. The van der Waals surface area contributed by atoms with Gasteiger partial charge in [-0.1, -0.05) is 18.2 Å². The van der Waals surface area contributed by atoms with Crippen molar-refractivity contribution in [2.24, 2.45) is 0 Å². The number of methoxy groups -OCH3 is 1. The molecule has 46 heavy (non-hydrogen) atoms. The number of benzene rings is 2. The molecule has 5 rings (SSSR count). The second-order valence-corrected chi connectivity index (χ2v) is 11.4. The van der Waals surface area contributed by atoms with E-state index in [-0.39, 0.29) is 28.1 Å². The van der Waals surface area contributed by atoms with E-state index in [2.05, 4.69) is 25.8 Å². The second-order valence-electron chi connectivity index (χ2n) is 10.4. The highest BCUT2D eigenvalue weighted by molar-refractivity contribution is 7.22. The van der Waals surface area contributed by atoms with E-state index in [4.69, 9.17) is 4.74 Å². The molecule has 0 unspecified atom stereocenters. The smallest absolute Gasteiger partial charge is 0.343 e. The van der Waals surface area contributed by atoms with E-state index in [0.29, 0.717) is 40.5 Å². The summed E-state index contributed by atoms with van der Waals surface area (Å²) in [4.78, 5) is 47.8. The van der Waals surface area contributed by atoms with E-state index < -0.39 is 35.5 Å². The number of aromatic nitrogens is 4. The molecule has 5 aromatic rings. The molecule has 0 spiro atoms. The van der Waals surface area contributed by atoms with Crippen LogP contribution in [0.2, 0.25) is 0 Å². The third-order valence-electron chi connectivity index (χ3n) is 7.17. The number of halogens is 2. The van der Waals surface area contributed by atoms with Gasteiger partial charge < -0.3 is 10.1 Å². The summed E-state index contributed by atoms with van der Waals surface area (Å²) >= 11 is 1.15. The minimum atomic E-state index is -0.829. The first-order valence-electron chi connectivity index (χ1n) is 14.1. The number of fused-ring (bicyclic) bond motifs is 1. The molecule has 2 N–H and O–H groups in total. The first-order valence-corrected chi connectivity index (χ1v) is 14.9. The Morgan fingerprint density at radius 1 is 1.00 bits per heavy atom.